The Morgan fingerprint density at radius 1 is 1.00 bits per heavy atom. The van der Waals surface area contributed by atoms with Crippen molar-refractivity contribution >= 4 is 42.5 Å². The summed E-state index contributed by atoms with van der Waals surface area (Å²) in [6, 6.07) is 23.9. The van der Waals surface area contributed by atoms with Gasteiger partial charge in [-0.3, -0.25) is 4.79 Å². The SMILES string of the molecule is Cn1ccc2ccc(N3Cc4ccc(NC(=O)c5ccccc5)cc4C3=P)cc21. The molecule has 5 heteroatoms. The zero-order valence-corrected chi connectivity index (χ0v) is 17.0. The quantitative estimate of drug-likeness (QED) is 0.490. The standard InChI is InChI=1S/C24H20N3OP/c1-26-12-11-16-8-10-20(14-22(16)26)27-15-18-7-9-19(13-21(18)24(27)29)25-23(28)17-5-3-2-4-6-17/h2-14,29H,15H2,1H3,(H,25,28). The number of aryl methyl sites for hydroxylation is 1. The molecule has 1 aliphatic heterocycles. The molecule has 0 radical (unpaired) electrons. The minimum atomic E-state index is -0.106. The van der Waals surface area contributed by atoms with Crippen molar-refractivity contribution in [2.45, 2.75) is 6.54 Å². The number of benzene rings is 3. The molecular weight excluding hydrogens is 377 g/mol. The highest BCUT2D eigenvalue weighted by Crippen LogP contribution is 2.33. The molecule has 2 heterocycles. The fourth-order valence-electron chi connectivity index (χ4n) is 3.84. The van der Waals surface area contributed by atoms with Crippen molar-refractivity contribution in [3.05, 3.63) is 95.7 Å². The third kappa shape index (κ3) is 3.12. The van der Waals surface area contributed by atoms with Gasteiger partial charge in [0.1, 0.15) is 0 Å². The Bertz CT molecular complexity index is 1260. The van der Waals surface area contributed by atoms with Crippen LogP contribution in [0.5, 0.6) is 0 Å². The fraction of sp³-hybridized carbons (Fsp3) is 0.0833. The van der Waals surface area contributed by atoms with E-state index in [2.05, 4.69) is 67.2 Å². The van der Waals surface area contributed by atoms with Gasteiger partial charge in [0.2, 0.25) is 0 Å². The van der Waals surface area contributed by atoms with Crippen LogP contribution in [0.1, 0.15) is 21.5 Å². The first-order chi connectivity index (χ1) is 14.1. The number of aromatic nitrogens is 1. The largest absolute Gasteiger partial charge is 0.350 e. The van der Waals surface area contributed by atoms with Crippen LogP contribution < -0.4 is 10.2 Å². The molecule has 4 nitrogen and oxygen atoms in total. The zero-order chi connectivity index (χ0) is 20.0. The van der Waals surface area contributed by atoms with Gasteiger partial charge in [0.25, 0.3) is 5.91 Å². The number of nitrogens with one attached hydrogen (secondary N) is 1. The molecule has 0 bridgehead atoms. The Balaban J connectivity index is 1.42. The Hall–Kier alpha value is -3.36. The summed E-state index contributed by atoms with van der Waals surface area (Å²) in [5.74, 6) is -0.106. The monoisotopic (exact) mass is 397 g/mol. The summed E-state index contributed by atoms with van der Waals surface area (Å²) >= 11 is 0. The summed E-state index contributed by atoms with van der Waals surface area (Å²) in [6.07, 6.45) is 2.08. The molecule has 0 saturated carbocycles. The molecule has 0 spiro atoms. The van der Waals surface area contributed by atoms with Crippen LogP contribution in [0.4, 0.5) is 11.4 Å². The number of fused-ring (bicyclic) bond motifs is 2. The van der Waals surface area contributed by atoms with Gasteiger partial charge in [0.15, 0.2) is 0 Å². The lowest BCUT2D eigenvalue weighted by Gasteiger charge is -2.19. The Morgan fingerprint density at radius 3 is 2.66 bits per heavy atom. The second-order valence-electron chi connectivity index (χ2n) is 7.30. The van der Waals surface area contributed by atoms with Crippen LogP contribution in [0.25, 0.3) is 10.9 Å². The van der Waals surface area contributed by atoms with Crippen LogP contribution in [0.2, 0.25) is 0 Å². The molecule has 5 rings (SSSR count). The van der Waals surface area contributed by atoms with E-state index in [1.54, 1.807) is 0 Å². The maximum atomic E-state index is 12.5. The molecule has 4 aromatic rings. The van der Waals surface area contributed by atoms with Crippen LogP contribution in [-0.2, 0) is 13.6 Å². The minimum absolute atomic E-state index is 0.106. The number of anilines is 2. The van der Waals surface area contributed by atoms with E-state index in [1.165, 1.54) is 16.5 Å². The first-order valence-corrected chi connectivity index (χ1v) is 10.0. The molecule has 1 aromatic heterocycles. The zero-order valence-electron chi connectivity index (χ0n) is 16.0. The highest BCUT2D eigenvalue weighted by molar-refractivity contribution is 7.22. The summed E-state index contributed by atoms with van der Waals surface area (Å²) < 4.78 is 2.13. The van der Waals surface area contributed by atoms with Crippen LogP contribution in [0, 0.1) is 0 Å². The van der Waals surface area contributed by atoms with Crippen molar-refractivity contribution in [3.63, 3.8) is 0 Å². The van der Waals surface area contributed by atoms with Gasteiger partial charge in [-0.05, 0) is 53.4 Å². The minimum Gasteiger partial charge on any atom is -0.350 e. The highest BCUT2D eigenvalue weighted by atomic mass is 31.0. The second kappa shape index (κ2) is 6.91. The fourth-order valence-corrected chi connectivity index (χ4v) is 4.28. The maximum Gasteiger partial charge on any atom is 0.255 e. The molecule has 1 amide bonds. The summed E-state index contributed by atoms with van der Waals surface area (Å²) in [4.78, 5) is 14.7. The molecule has 0 aliphatic carbocycles. The van der Waals surface area contributed by atoms with Gasteiger partial charge in [-0.15, -0.1) is 0 Å². The molecule has 1 aliphatic rings. The Kier molecular flexibility index (Phi) is 4.22. The van der Waals surface area contributed by atoms with Gasteiger partial charge in [0.05, 0.1) is 5.42 Å². The van der Waals surface area contributed by atoms with Gasteiger partial charge in [0, 0.05) is 47.8 Å². The van der Waals surface area contributed by atoms with E-state index in [9.17, 15) is 4.79 Å². The lowest BCUT2D eigenvalue weighted by Crippen LogP contribution is -2.21. The number of carbonyl (C=O) groups is 1. The lowest BCUT2D eigenvalue weighted by molar-refractivity contribution is 0.102. The van der Waals surface area contributed by atoms with E-state index in [0.717, 1.165) is 28.9 Å². The van der Waals surface area contributed by atoms with Crippen LogP contribution in [0.3, 0.4) is 0 Å². The average molecular weight is 397 g/mol. The Labute approximate surface area is 171 Å². The van der Waals surface area contributed by atoms with Crippen molar-refractivity contribution in [1.82, 2.24) is 4.57 Å². The molecule has 3 aromatic carbocycles. The summed E-state index contributed by atoms with van der Waals surface area (Å²) in [5, 5.41) is 4.23. The molecular formula is C24H20N3OP. The first kappa shape index (κ1) is 17.7. The summed E-state index contributed by atoms with van der Waals surface area (Å²) in [7, 11) is 5.90. The number of hydrogen-bond acceptors (Lipinski definition) is 1. The van der Waals surface area contributed by atoms with E-state index in [0.29, 0.717) is 5.56 Å². The first-order valence-electron chi connectivity index (χ1n) is 9.51. The third-order valence-electron chi connectivity index (χ3n) is 5.44. The van der Waals surface area contributed by atoms with E-state index in [1.807, 2.05) is 42.5 Å². The third-order valence-corrected chi connectivity index (χ3v) is 5.98. The summed E-state index contributed by atoms with van der Waals surface area (Å²) in [5.41, 5.74) is 7.09. The average Bonchev–Trinajstić information content (AvgIpc) is 3.28. The number of amides is 1. The van der Waals surface area contributed by atoms with Gasteiger partial charge in [-0.2, -0.15) is 0 Å². The van der Waals surface area contributed by atoms with E-state index in [4.69, 9.17) is 0 Å². The van der Waals surface area contributed by atoms with Crippen molar-refractivity contribution in [3.8, 4) is 0 Å². The van der Waals surface area contributed by atoms with Crippen LogP contribution >= 0.6 is 8.86 Å². The lowest BCUT2D eigenvalue weighted by atomic mass is 10.1. The van der Waals surface area contributed by atoms with Gasteiger partial charge >= 0.3 is 0 Å². The van der Waals surface area contributed by atoms with Gasteiger partial charge in [-0.25, -0.2) is 0 Å². The molecule has 142 valence electrons. The predicted molar refractivity (Wildman–Crippen MR) is 122 cm³/mol. The van der Waals surface area contributed by atoms with Gasteiger partial charge < -0.3 is 14.8 Å². The topological polar surface area (TPSA) is 37.3 Å². The van der Waals surface area contributed by atoms with Crippen LogP contribution in [-0.4, -0.2) is 15.9 Å². The number of hydrogen-bond donors (Lipinski definition) is 1. The van der Waals surface area contributed by atoms with Crippen LogP contribution in [0.15, 0.2) is 79.0 Å². The van der Waals surface area contributed by atoms with E-state index >= 15 is 0 Å². The molecule has 1 N–H and O–H groups in total. The Morgan fingerprint density at radius 2 is 1.83 bits per heavy atom. The van der Waals surface area contributed by atoms with E-state index in [-0.39, 0.29) is 5.91 Å². The predicted octanol–water partition coefficient (Wildman–Crippen LogP) is 5.07. The van der Waals surface area contributed by atoms with Crippen molar-refractivity contribution in [1.29, 1.82) is 0 Å². The smallest absolute Gasteiger partial charge is 0.255 e. The second-order valence-corrected chi connectivity index (χ2v) is 7.77. The molecule has 0 unspecified atom stereocenters. The number of carbonyl (C=O) groups excluding carboxylic acids is 1. The van der Waals surface area contributed by atoms with Gasteiger partial charge in [-0.1, -0.05) is 39.2 Å². The van der Waals surface area contributed by atoms with Crippen molar-refractivity contribution in [2.75, 3.05) is 10.2 Å². The normalized spacial score (nSPS) is 13.0. The molecule has 0 fully saturated rings. The summed E-state index contributed by atoms with van der Waals surface area (Å²) in [6.45, 7) is 0.789. The number of nitrogens with zero attached hydrogens (tertiary/aromatic N) is 2. The molecule has 0 saturated heterocycles. The van der Waals surface area contributed by atoms with Crippen molar-refractivity contribution in [2.24, 2.45) is 7.05 Å². The molecule has 0 atom stereocenters. The maximum absolute atomic E-state index is 12.5. The van der Waals surface area contributed by atoms with E-state index < -0.39 is 0 Å². The highest BCUT2D eigenvalue weighted by Gasteiger charge is 2.25. The number of rotatable bonds is 3. The van der Waals surface area contributed by atoms with Crippen molar-refractivity contribution < 1.29 is 4.79 Å². The molecule has 29 heavy (non-hydrogen) atoms.